The van der Waals surface area contributed by atoms with E-state index in [0.717, 1.165) is 26.0 Å². The van der Waals surface area contributed by atoms with Gasteiger partial charge in [0.1, 0.15) is 0 Å². The smallest absolute Gasteiger partial charge is 0.0505 e. The monoisotopic (exact) mass is 211 g/mol. The fraction of sp³-hybridized carbons (Fsp3) is 1.00. The van der Waals surface area contributed by atoms with Gasteiger partial charge in [-0.3, -0.25) is 15.5 Å². The summed E-state index contributed by atoms with van der Waals surface area (Å²) in [5.41, 5.74) is 0. The Labute approximate surface area is 93.6 Å². The van der Waals surface area contributed by atoms with E-state index in [2.05, 4.69) is 15.5 Å². The first-order chi connectivity index (χ1) is 7.47. The molecule has 1 aliphatic carbocycles. The number of hydrogen-bond acceptors (Lipinski definition) is 3. The Kier molecular flexibility index (Phi) is 4.90. The van der Waals surface area contributed by atoms with Crippen molar-refractivity contribution in [3.8, 4) is 0 Å². The predicted molar refractivity (Wildman–Crippen MR) is 63.4 cm³/mol. The van der Waals surface area contributed by atoms with Crippen LogP contribution in [-0.4, -0.2) is 30.9 Å². The molecule has 2 fully saturated rings. The zero-order valence-electron chi connectivity index (χ0n) is 9.80. The van der Waals surface area contributed by atoms with E-state index in [1.807, 2.05) is 0 Å². The molecule has 3 nitrogen and oxygen atoms in total. The lowest BCUT2D eigenvalue weighted by Gasteiger charge is -2.35. The summed E-state index contributed by atoms with van der Waals surface area (Å²) in [7, 11) is 0. The van der Waals surface area contributed by atoms with Crippen molar-refractivity contribution in [1.29, 1.82) is 0 Å². The maximum absolute atomic E-state index is 3.40. The predicted octanol–water partition coefficient (Wildman–Crippen LogP) is 1.86. The molecule has 3 heteroatoms. The normalized spacial score (nSPS) is 28.0. The molecule has 2 aliphatic rings. The maximum Gasteiger partial charge on any atom is 0.0505 e. The van der Waals surface area contributed by atoms with Crippen molar-refractivity contribution in [2.24, 2.45) is 0 Å². The van der Waals surface area contributed by atoms with Gasteiger partial charge in [0.25, 0.3) is 0 Å². The van der Waals surface area contributed by atoms with Crippen molar-refractivity contribution < 1.29 is 0 Å². The van der Waals surface area contributed by atoms with Gasteiger partial charge in [-0.25, -0.2) is 0 Å². The van der Waals surface area contributed by atoms with Gasteiger partial charge >= 0.3 is 0 Å². The van der Waals surface area contributed by atoms with E-state index in [1.165, 1.54) is 51.4 Å². The van der Waals surface area contributed by atoms with E-state index in [9.17, 15) is 0 Å². The molecule has 1 saturated heterocycles. The van der Waals surface area contributed by atoms with E-state index >= 15 is 0 Å². The van der Waals surface area contributed by atoms with Crippen LogP contribution in [0.4, 0.5) is 0 Å². The molecule has 0 aromatic rings. The van der Waals surface area contributed by atoms with Gasteiger partial charge in [-0.1, -0.05) is 38.5 Å². The highest BCUT2D eigenvalue weighted by Crippen LogP contribution is 2.20. The van der Waals surface area contributed by atoms with Gasteiger partial charge in [-0.15, -0.1) is 0 Å². The molecule has 0 aromatic carbocycles. The number of rotatable bonds is 1. The second-order valence-electron chi connectivity index (χ2n) is 4.93. The lowest BCUT2D eigenvalue weighted by Crippen LogP contribution is -2.54. The van der Waals surface area contributed by atoms with E-state index in [1.54, 1.807) is 0 Å². The van der Waals surface area contributed by atoms with Gasteiger partial charge in [0.05, 0.1) is 13.3 Å². The Hall–Kier alpha value is -0.120. The Balaban J connectivity index is 1.80. The number of nitrogens with zero attached hydrogens (tertiary/aromatic N) is 1. The highest BCUT2D eigenvalue weighted by atomic mass is 15.4. The molecule has 0 bridgehead atoms. The van der Waals surface area contributed by atoms with E-state index in [4.69, 9.17) is 0 Å². The minimum absolute atomic E-state index is 0.823. The lowest BCUT2D eigenvalue weighted by molar-refractivity contribution is 0.118. The molecule has 1 heterocycles. The first kappa shape index (κ1) is 11.4. The van der Waals surface area contributed by atoms with Crippen LogP contribution in [0.25, 0.3) is 0 Å². The number of hydrogen-bond donors (Lipinski definition) is 2. The molecule has 0 radical (unpaired) electrons. The molecule has 0 atom stereocenters. The van der Waals surface area contributed by atoms with Crippen molar-refractivity contribution in [2.75, 3.05) is 20.0 Å². The highest BCUT2D eigenvalue weighted by molar-refractivity contribution is 4.74. The van der Waals surface area contributed by atoms with Crippen LogP contribution >= 0.6 is 0 Å². The summed E-state index contributed by atoms with van der Waals surface area (Å²) >= 11 is 0. The first-order valence-corrected chi connectivity index (χ1v) is 6.62. The summed E-state index contributed by atoms with van der Waals surface area (Å²) in [4.78, 5) is 2.58. The third-order valence-electron chi connectivity index (χ3n) is 3.72. The Morgan fingerprint density at radius 3 is 1.87 bits per heavy atom. The molecule has 0 aromatic heterocycles. The zero-order chi connectivity index (χ0) is 10.3. The second-order valence-corrected chi connectivity index (χ2v) is 4.93. The molecule has 1 aliphatic heterocycles. The minimum Gasteiger partial charge on any atom is -0.292 e. The van der Waals surface area contributed by atoms with Gasteiger partial charge in [0.15, 0.2) is 0 Å². The summed E-state index contributed by atoms with van der Waals surface area (Å²) in [6.45, 7) is 3.14. The third kappa shape index (κ3) is 3.74. The van der Waals surface area contributed by atoms with Crippen molar-refractivity contribution in [1.82, 2.24) is 15.5 Å². The second kappa shape index (κ2) is 6.46. The van der Waals surface area contributed by atoms with E-state index < -0.39 is 0 Å². The van der Waals surface area contributed by atoms with Crippen molar-refractivity contribution >= 4 is 0 Å². The summed E-state index contributed by atoms with van der Waals surface area (Å²) in [5, 5.41) is 6.80. The van der Waals surface area contributed by atoms with Crippen LogP contribution in [0.5, 0.6) is 0 Å². The number of nitrogens with one attached hydrogen (secondary N) is 2. The molecule has 2 rings (SSSR count). The van der Waals surface area contributed by atoms with Gasteiger partial charge in [-0.05, 0) is 12.8 Å². The first-order valence-electron chi connectivity index (χ1n) is 6.62. The SMILES string of the molecule is C1CCCCC(N2CNCNC2)CCC1. The van der Waals surface area contributed by atoms with Gasteiger partial charge < -0.3 is 0 Å². The molecule has 0 spiro atoms. The van der Waals surface area contributed by atoms with Crippen LogP contribution in [0.2, 0.25) is 0 Å². The van der Waals surface area contributed by atoms with Crippen LogP contribution in [0, 0.1) is 0 Å². The largest absolute Gasteiger partial charge is 0.292 e. The molecule has 15 heavy (non-hydrogen) atoms. The van der Waals surface area contributed by atoms with Gasteiger partial charge in [0.2, 0.25) is 0 Å². The maximum atomic E-state index is 3.40. The van der Waals surface area contributed by atoms with Crippen LogP contribution in [-0.2, 0) is 0 Å². The van der Waals surface area contributed by atoms with E-state index in [-0.39, 0.29) is 0 Å². The Morgan fingerprint density at radius 2 is 1.27 bits per heavy atom. The van der Waals surface area contributed by atoms with Gasteiger partial charge in [-0.2, -0.15) is 0 Å². The minimum atomic E-state index is 0.823. The van der Waals surface area contributed by atoms with E-state index in [0.29, 0.717) is 0 Å². The average Bonchev–Trinajstić information content (AvgIpc) is 2.43. The molecule has 88 valence electrons. The molecular formula is C12H25N3. The summed E-state index contributed by atoms with van der Waals surface area (Å²) < 4.78 is 0. The summed E-state index contributed by atoms with van der Waals surface area (Å²) in [6.07, 6.45) is 11.5. The Morgan fingerprint density at radius 1 is 0.733 bits per heavy atom. The Bertz CT molecular complexity index is 156. The quantitative estimate of drug-likeness (QED) is 0.693. The standard InChI is InChI=1S/C12H25N3/c1-2-4-6-8-12(7-5-3-1)15-10-13-9-14-11-15/h12-14H,1-11H2. The molecule has 0 unspecified atom stereocenters. The fourth-order valence-corrected chi connectivity index (χ4v) is 2.78. The van der Waals surface area contributed by atoms with Crippen molar-refractivity contribution in [3.63, 3.8) is 0 Å². The average molecular weight is 211 g/mol. The molecule has 1 saturated carbocycles. The molecular weight excluding hydrogens is 186 g/mol. The van der Waals surface area contributed by atoms with Crippen LogP contribution in [0.15, 0.2) is 0 Å². The van der Waals surface area contributed by atoms with Crippen molar-refractivity contribution in [2.45, 2.75) is 57.4 Å². The van der Waals surface area contributed by atoms with Crippen LogP contribution < -0.4 is 10.6 Å². The van der Waals surface area contributed by atoms with Crippen LogP contribution in [0.1, 0.15) is 51.4 Å². The zero-order valence-corrected chi connectivity index (χ0v) is 9.80. The van der Waals surface area contributed by atoms with Gasteiger partial charge in [0, 0.05) is 12.7 Å². The summed E-state index contributed by atoms with van der Waals surface area (Å²) in [6, 6.07) is 0.823. The van der Waals surface area contributed by atoms with Crippen molar-refractivity contribution in [3.05, 3.63) is 0 Å². The molecule has 2 N–H and O–H groups in total. The molecule has 0 amide bonds. The topological polar surface area (TPSA) is 27.3 Å². The third-order valence-corrected chi connectivity index (χ3v) is 3.72. The highest BCUT2D eigenvalue weighted by Gasteiger charge is 2.19. The fourth-order valence-electron chi connectivity index (χ4n) is 2.78. The lowest BCUT2D eigenvalue weighted by atomic mass is 10.0. The summed E-state index contributed by atoms with van der Waals surface area (Å²) in [5.74, 6) is 0. The van der Waals surface area contributed by atoms with Crippen LogP contribution in [0.3, 0.4) is 0 Å².